The molecule has 192 valence electrons. The van der Waals surface area contributed by atoms with Gasteiger partial charge in [-0.2, -0.15) is 9.97 Å². The molecule has 1 aliphatic rings. The van der Waals surface area contributed by atoms with Gasteiger partial charge < -0.3 is 23.9 Å². The fraction of sp³-hybridized carbons (Fsp3) is 0.269. The predicted octanol–water partition coefficient (Wildman–Crippen LogP) is 3.53. The van der Waals surface area contributed by atoms with Gasteiger partial charge in [0, 0.05) is 12.0 Å². The third-order valence-electron chi connectivity index (χ3n) is 5.46. The fourth-order valence-electron chi connectivity index (χ4n) is 3.69. The molecular weight excluding hydrogens is 478 g/mol. The summed E-state index contributed by atoms with van der Waals surface area (Å²) < 4.78 is 16.1. The lowest BCUT2D eigenvalue weighted by atomic mass is 10.1. The molecule has 1 fully saturated rings. The number of nitrogens with one attached hydrogen (secondary N) is 1. The Morgan fingerprint density at radius 1 is 1.00 bits per heavy atom. The van der Waals surface area contributed by atoms with Gasteiger partial charge in [-0.25, -0.2) is 0 Å². The van der Waals surface area contributed by atoms with E-state index in [2.05, 4.69) is 20.4 Å². The summed E-state index contributed by atoms with van der Waals surface area (Å²) >= 11 is 0. The third-order valence-corrected chi connectivity index (χ3v) is 5.46. The van der Waals surface area contributed by atoms with Gasteiger partial charge in [0.1, 0.15) is 24.1 Å². The first-order valence-corrected chi connectivity index (χ1v) is 11.6. The molecule has 11 nitrogen and oxygen atoms in total. The quantitative estimate of drug-likeness (QED) is 0.438. The smallest absolute Gasteiger partial charge is 0.254 e. The lowest BCUT2D eigenvalue weighted by Crippen LogP contribution is -2.43. The van der Waals surface area contributed by atoms with Crippen LogP contribution in [0.2, 0.25) is 0 Å². The minimum absolute atomic E-state index is 0.00814. The number of amides is 2. The Bertz CT molecular complexity index is 1240. The summed E-state index contributed by atoms with van der Waals surface area (Å²) in [6, 6.07) is 16.7. The monoisotopic (exact) mass is 505 g/mol. The van der Waals surface area contributed by atoms with E-state index in [-0.39, 0.29) is 36.6 Å². The van der Waals surface area contributed by atoms with Gasteiger partial charge in [-0.3, -0.25) is 14.9 Å². The molecule has 0 saturated carbocycles. The maximum Gasteiger partial charge on any atom is 0.254 e. The molecule has 1 aromatic heterocycles. The number of carbonyl (C=O) groups excluding carboxylic acids is 2. The number of carbonyl (C=O) groups is 2. The van der Waals surface area contributed by atoms with Crippen molar-refractivity contribution in [1.29, 1.82) is 0 Å². The molecule has 0 radical (unpaired) electrons. The number of methoxy groups -OCH3 is 2. The van der Waals surface area contributed by atoms with Gasteiger partial charge in [0.25, 0.3) is 5.91 Å². The van der Waals surface area contributed by atoms with Gasteiger partial charge in [-0.05, 0) is 43.3 Å². The van der Waals surface area contributed by atoms with Crippen molar-refractivity contribution < 1.29 is 28.6 Å². The number of benzene rings is 2. The first kappa shape index (κ1) is 25.4. The predicted molar refractivity (Wildman–Crippen MR) is 135 cm³/mol. The molecule has 1 aliphatic heterocycles. The van der Waals surface area contributed by atoms with Gasteiger partial charge >= 0.3 is 0 Å². The summed E-state index contributed by atoms with van der Waals surface area (Å²) in [5.41, 5.74) is 0.971. The molecule has 2 heterocycles. The van der Waals surface area contributed by atoms with Gasteiger partial charge in [0.05, 0.1) is 32.5 Å². The standard InChI is InChI=1S/C26H27N5O6/c1-4-36-30-18-14-21(24(32)29-26-27-22(34-2)15-23(28-26)35-3)31(16-18)25(33)17-10-12-20(13-11-17)37-19-8-6-5-7-9-19/h5-13,15,21H,4,14,16H2,1-3H3,(H,27,28,29,32)/t21-/m0/s1. The van der Waals surface area contributed by atoms with Crippen molar-refractivity contribution >= 4 is 23.5 Å². The summed E-state index contributed by atoms with van der Waals surface area (Å²) in [5, 5.41) is 6.73. The summed E-state index contributed by atoms with van der Waals surface area (Å²) in [7, 11) is 2.88. The normalized spacial score (nSPS) is 15.8. The number of rotatable bonds is 9. The summed E-state index contributed by atoms with van der Waals surface area (Å²) in [6.45, 7) is 2.31. The molecule has 0 aliphatic carbocycles. The van der Waals surface area contributed by atoms with Crippen LogP contribution in [-0.2, 0) is 9.63 Å². The molecule has 1 saturated heterocycles. The van der Waals surface area contributed by atoms with E-state index in [1.165, 1.54) is 25.2 Å². The molecule has 0 unspecified atom stereocenters. The SMILES string of the molecule is CCON=C1C[C@@H](C(=O)Nc2nc(OC)cc(OC)n2)N(C(=O)c2ccc(Oc3ccccc3)cc2)C1. The van der Waals surface area contributed by atoms with Crippen molar-refractivity contribution in [3.63, 3.8) is 0 Å². The molecule has 3 aromatic rings. The van der Waals surface area contributed by atoms with Crippen LogP contribution in [-0.4, -0.2) is 65.8 Å². The highest BCUT2D eigenvalue weighted by molar-refractivity contribution is 6.07. The number of ether oxygens (including phenoxy) is 3. The average molecular weight is 506 g/mol. The van der Waals surface area contributed by atoms with Crippen LogP contribution in [0.5, 0.6) is 23.3 Å². The van der Waals surface area contributed by atoms with E-state index in [1.54, 1.807) is 31.2 Å². The highest BCUT2D eigenvalue weighted by Gasteiger charge is 2.39. The van der Waals surface area contributed by atoms with Crippen LogP contribution < -0.4 is 19.5 Å². The third kappa shape index (κ3) is 6.31. The molecule has 0 spiro atoms. The van der Waals surface area contributed by atoms with Gasteiger partial charge in [-0.15, -0.1) is 0 Å². The number of likely N-dealkylation sites (tertiary alicyclic amines) is 1. The van der Waals surface area contributed by atoms with E-state index in [9.17, 15) is 9.59 Å². The first-order chi connectivity index (χ1) is 18.0. The minimum atomic E-state index is -0.854. The average Bonchev–Trinajstić information content (AvgIpc) is 3.36. The molecule has 1 atom stereocenters. The fourth-order valence-corrected chi connectivity index (χ4v) is 3.69. The topological polar surface area (TPSA) is 124 Å². The van der Waals surface area contributed by atoms with Crippen molar-refractivity contribution in [3.05, 3.63) is 66.2 Å². The zero-order valence-corrected chi connectivity index (χ0v) is 20.7. The van der Waals surface area contributed by atoms with Crippen molar-refractivity contribution in [2.45, 2.75) is 19.4 Å². The first-order valence-electron chi connectivity index (χ1n) is 11.6. The number of anilines is 1. The Morgan fingerprint density at radius 2 is 1.65 bits per heavy atom. The molecule has 4 rings (SSSR count). The number of hydrogen-bond donors (Lipinski definition) is 1. The number of hydrogen-bond acceptors (Lipinski definition) is 9. The minimum Gasteiger partial charge on any atom is -0.481 e. The van der Waals surface area contributed by atoms with Crippen molar-refractivity contribution in [2.24, 2.45) is 5.16 Å². The van der Waals surface area contributed by atoms with Gasteiger partial charge in [-0.1, -0.05) is 23.4 Å². The van der Waals surface area contributed by atoms with Crippen LogP contribution in [0, 0.1) is 0 Å². The molecule has 37 heavy (non-hydrogen) atoms. The summed E-state index contributed by atoms with van der Waals surface area (Å²) in [6.07, 6.45) is 0.202. The lowest BCUT2D eigenvalue weighted by Gasteiger charge is -2.23. The zero-order chi connectivity index (χ0) is 26.2. The molecule has 2 aromatic carbocycles. The molecule has 1 N–H and O–H groups in total. The van der Waals surface area contributed by atoms with Crippen molar-refractivity contribution in [1.82, 2.24) is 14.9 Å². The molecule has 11 heteroatoms. The van der Waals surface area contributed by atoms with Crippen molar-refractivity contribution in [2.75, 3.05) is 32.7 Å². The molecule has 2 amide bonds. The summed E-state index contributed by atoms with van der Waals surface area (Å²) in [4.78, 5) is 41.6. The van der Waals surface area contributed by atoms with Gasteiger partial charge in [0.2, 0.25) is 23.6 Å². The van der Waals surface area contributed by atoms with E-state index >= 15 is 0 Å². The molecular formula is C26H27N5O6. The second-order valence-electron chi connectivity index (χ2n) is 7.93. The van der Waals surface area contributed by atoms with E-state index < -0.39 is 11.9 Å². The maximum absolute atomic E-state index is 13.4. The van der Waals surface area contributed by atoms with E-state index in [1.807, 2.05) is 30.3 Å². The van der Waals surface area contributed by atoms with Crippen LogP contribution in [0.25, 0.3) is 0 Å². The highest BCUT2D eigenvalue weighted by Crippen LogP contribution is 2.25. The number of para-hydroxylation sites is 1. The van der Waals surface area contributed by atoms with Crippen LogP contribution in [0.15, 0.2) is 65.8 Å². The number of aromatic nitrogens is 2. The maximum atomic E-state index is 13.4. The number of oxime groups is 1. The summed E-state index contributed by atoms with van der Waals surface area (Å²) in [5.74, 6) is 0.890. The number of nitrogens with zero attached hydrogens (tertiary/aromatic N) is 4. The zero-order valence-electron chi connectivity index (χ0n) is 20.7. The van der Waals surface area contributed by atoms with Gasteiger partial charge in [0.15, 0.2) is 0 Å². The van der Waals surface area contributed by atoms with E-state index in [4.69, 9.17) is 19.0 Å². The van der Waals surface area contributed by atoms with Crippen LogP contribution in [0.3, 0.4) is 0 Å². The second-order valence-corrected chi connectivity index (χ2v) is 7.93. The Kier molecular flexibility index (Phi) is 8.14. The lowest BCUT2D eigenvalue weighted by molar-refractivity contribution is -0.119. The van der Waals surface area contributed by atoms with Crippen LogP contribution in [0.4, 0.5) is 5.95 Å². The Balaban J connectivity index is 1.53. The Morgan fingerprint density at radius 3 is 2.27 bits per heavy atom. The largest absolute Gasteiger partial charge is 0.481 e. The second kappa shape index (κ2) is 11.8. The van der Waals surface area contributed by atoms with Crippen molar-refractivity contribution in [3.8, 4) is 23.3 Å². The van der Waals surface area contributed by atoms with E-state index in [0.717, 1.165) is 0 Å². The van der Waals surface area contributed by atoms with E-state index in [0.29, 0.717) is 29.4 Å². The Hall–Kier alpha value is -4.67. The highest BCUT2D eigenvalue weighted by atomic mass is 16.6. The van der Waals surface area contributed by atoms with Crippen LogP contribution in [0.1, 0.15) is 23.7 Å². The van der Waals surface area contributed by atoms with Crippen LogP contribution >= 0.6 is 0 Å². The molecule has 0 bridgehead atoms. The Labute approximate surface area is 214 Å².